The van der Waals surface area contributed by atoms with Gasteiger partial charge in [-0.05, 0) is 43.2 Å². The second kappa shape index (κ2) is 6.12. The number of hydrogen-bond acceptors (Lipinski definition) is 3. The van der Waals surface area contributed by atoms with Gasteiger partial charge in [0.15, 0.2) is 11.4 Å². The van der Waals surface area contributed by atoms with Crippen molar-refractivity contribution in [3.05, 3.63) is 59.5 Å². The van der Waals surface area contributed by atoms with Crippen molar-refractivity contribution in [1.29, 1.82) is 0 Å². The minimum absolute atomic E-state index is 0.173. The highest BCUT2D eigenvalue weighted by Crippen LogP contribution is 2.23. The molecular weight excluding hydrogens is 290 g/mol. The maximum Gasteiger partial charge on any atom is 0.274 e. The zero-order chi connectivity index (χ0) is 16.4. The number of nitrogens with one attached hydrogen (secondary N) is 1. The zero-order valence-electron chi connectivity index (χ0n) is 13.5. The fraction of sp³-hybridized carbons (Fsp3) is 0.222. The zero-order valence-corrected chi connectivity index (χ0v) is 13.5. The van der Waals surface area contributed by atoms with E-state index in [1.807, 2.05) is 56.4 Å². The molecule has 1 N–H and O–H groups in total. The van der Waals surface area contributed by atoms with Gasteiger partial charge in [0.05, 0.1) is 12.8 Å². The first-order chi connectivity index (χ1) is 11.1. The van der Waals surface area contributed by atoms with E-state index in [-0.39, 0.29) is 5.91 Å². The van der Waals surface area contributed by atoms with Crippen molar-refractivity contribution < 1.29 is 9.53 Å². The molecule has 118 valence electrons. The number of hydrogen-bond donors (Lipinski definition) is 1. The van der Waals surface area contributed by atoms with Gasteiger partial charge in [0, 0.05) is 11.9 Å². The summed E-state index contributed by atoms with van der Waals surface area (Å²) < 4.78 is 7.12. The van der Waals surface area contributed by atoms with Crippen molar-refractivity contribution in [2.24, 2.45) is 0 Å². The molecule has 0 aliphatic heterocycles. The number of anilines is 1. The van der Waals surface area contributed by atoms with Crippen LogP contribution in [-0.4, -0.2) is 22.4 Å². The summed E-state index contributed by atoms with van der Waals surface area (Å²) in [5.74, 6) is 0.477. The number of amides is 1. The second-order valence-electron chi connectivity index (χ2n) is 5.35. The number of carbonyl (C=O) groups excluding carboxylic acids is 1. The van der Waals surface area contributed by atoms with Crippen LogP contribution in [0.3, 0.4) is 0 Å². The predicted octanol–water partition coefficient (Wildman–Crippen LogP) is 3.47. The first kappa shape index (κ1) is 15.1. The van der Waals surface area contributed by atoms with Crippen molar-refractivity contribution in [1.82, 2.24) is 9.38 Å². The molecule has 2 aromatic heterocycles. The summed E-state index contributed by atoms with van der Waals surface area (Å²) in [5, 5.41) is 2.95. The Morgan fingerprint density at radius 2 is 2.13 bits per heavy atom. The number of ether oxygens (including phenoxy) is 1. The third kappa shape index (κ3) is 2.77. The van der Waals surface area contributed by atoms with Gasteiger partial charge in [-0.25, -0.2) is 4.98 Å². The molecule has 1 aromatic carbocycles. The van der Waals surface area contributed by atoms with Crippen LogP contribution in [0.15, 0.2) is 42.6 Å². The molecule has 3 rings (SSSR count). The Kier molecular flexibility index (Phi) is 4.02. The Morgan fingerprint density at radius 1 is 1.30 bits per heavy atom. The van der Waals surface area contributed by atoms with Gasteiger partial charge in [0.1, 0.15) is 5.69 Å². The van der Waals surface area contributed by atoms with Crippen LogP contribution in [-0.2, 0) is 6.42 Å². The number of aromatic nitrogens is 2. The largest absolute Gasteiger partial charge is 0.493 e. The molecule has 23 heavy (non-hydrogen) atoms. The van der Waals surface area contributed by atoms with E-state index in [0.717, 1.165) is 16.9 Å². The van der Waals surface area contributed by atoms with Gasteiger partial charge in [0.25, 0.3) is 5.91 Å². The average molecular weight is 309 g/mol. The first-order valence-corrected chi connectivity index (χ1v) is 7.56. The maximum atomic E-state index is 12.8. The van der Waals surface area contributed by atoms with Crippen molar-refractivity contribution >= 4 is 17.2 Å². The van der Waals surface area contributed by atoms with Gasteiger partial charge >= 0.3 is 0 Å². The number of fused-ring (bicyclic) bond motifs is 1. The van der Waals surface area contributed by atoms with Crippen LogP contribution >= 0.6 is 0 Å². The minimum Gasteiger partial charge on any atom is -0.493 e. The van der Waals surface area contributed by atoms with Gasteiger partial charge in [0.2, 0.25) is 0 Å². The van der Waals surface area contributed by atoms with Crippen molar-refractivity contribution in [2.75, 3.05) is 12.4 Å². The normalized spacial score (nSPS) is 10.7. The van der Waals surface area contributed by atoms with Crippen LogP contribution in [0.4, 0.5) is 5.69 Å². The van der Waals surface area contributed by atoms with E-state index >= 15 is 0 Å². The van der Waals surface area contributed by atoms with Crippen molar-refractivity contribution in [3.8, 4) is 5.75 Å². The van der Waals surface area contributed by atoms with Crippen molar-refractivity contribution in [3.63, 3.8) is 0 Å². The fourth-order valence-electron chi connectivity index (χ4n) is 2.65. The third-order valence-electron chi connectivity index (χ3n) is 3.73. The van der Waals surface area contributed by atoms with E-state index in [2.05, 4.69) is 10.3 Å². The predicted molar refractivity (Wildman–Crippen MR) is 90.3 cm³/mol. The minimum atomic E-state index is -0.173. The number of rotatable bonds is 4. The molecule has 0 bridgehead atoms. The number of carbonyl (C=O) groups is 1. The lowest BCUT2D eigenvalue weighted by molar-refractivity contribution is 0.102. The van der Waals surface area contributed by atoms with E-state index in [9.17, 15) is 4.79 Å². The first-order valence-electron chi connectivity index (χ1n) is 7.56. The molecule has 0 unspecified atom stereocenters. The molecule has 0 saturated carbocycles. The monoisotopic (exact) mass is 309 g/mol. The Hall–Kier alpha value is -2.82. The summed E-state index contributed by atoms with van der Waals surface area (Å²) in [6, 6.07) is 11.4. The molecule has 3 aromatic rings. The lowest BCUT2D eigenvalue weighted by Gasteiger charge is -2.08. The highest BCUT2D eigenvalue weighted by Gasteiger charge is 2.20. The van der Waals surface area contributed by atoms with Crippen LogP contribution in [0.5, 0.6) is 5.75 Å². The SMILES string of the molecule is CCc1nc2c(OC)cccn2c1C(=O)Nc1cccc(C)c1. The van der Waals surface area contributed by atoms with Crippen LogP contribution in [0.25, 0.3) is 5.65 Å². The lowest BCUT2D eigenvalue weighted by Crippen LogP contribution is -2.16. The smallest absolute Gasteiger partial charge is 0.274 e. The topological polar surface area (TPSA) is 55.6 Å². The number of nitrogens with zero attached hydrogens (tertiary/aromatic N) is 2. The molecule has 0 fully saturated rings. The van der Waals surface area contributed by atoms with Crippen LogP contribution < -0.4 is 10.1 Å². The molecular formula is C18H19N3O2. The van der Waals surface area contributed by atoms with E-state index in [1.165, 1.54) is 0 Å². The summed E-state index contributed by atoms with van der Waals surface area (Å²) >= 11 is 0. The third-order valence-corrected chi connectivity index (χ3v) is 3.73. The quantitative estimate of drug-likeness (QED) is 0.803. The molecule has 0 atom stereocenters. The Bertz CT molecular complexity index is 868. The fourth-order valence-corrected chi connectivity index (χ4v) is 2.65. The Balaban J connectivity index is 2.06. The van der Waals surface area contributed by atoms with Crippen LogP contribution in [0, 0.1) is 6.92 Å². The van der Waals surface area contributed by atoms with E-state index < -0.39 is 0 Å². The molecule has 0 aliphatic carbocycles. The number of imidazole rings is 1. The average Bonchev–Trinajstić information content (AvgIpc) is 2.93. The van der Waals surface area contributed by atoms with Gasteiger partial charge in [-0.15, -0.1) is 0 Å². The highest BCUT2D eigenvalue weighted by molar-refractivity contribution is 6.04. The lowest BCUT2D eigenvalue weighted by atomic mass is 10.2. The Morgan fingerprint density at radius 3 is 2.83 bits per heavy atom. The molecule has 0 saturated heterocycles. The number of methoxy groups -OCH3 is 1. The molecule has 0 radical (unpaired) electrons. The maximum absolute atomic E-state index is 12.8. The molecule has 0 aliphatic rings. The van der Waals surface area contributed by atoms with Gasteiger partial charge in [-0.3, -0.25) is 9.20 Å². The van der Waals surface area contributed by atoms with Crippen molar-refractivity contribution in [2.45, 2.75) is 20.3 Å². The molecule has 5 nitrogen and oxygen atoms in total. The second-order valence-corrected chi connectivity index (χ2v) is 5.35. The van der Waals surface area contributed by atoms with Crippen LogP contribution in [0.1, 0.15) is 28.7 Å². The van der Waals surface area contributed by atoms with Crippen LogP contribution in [0.2, 0.25) is 0 Å². The van der Waals surface area contributed by atoms with E-state index in [0.29, 0.717) is 23.5 Å². The standard InChI is InChI=1S/C18H19N3O2/c1-4-14-16(18(22)19-13-8-5-7-12(2)11-13)21-10-6-9-15(23-3)17(21)20-14/h5-11H,4H2,1-3H3,(H,19,22). The molecule has 2 heterocycles. The van der Waals surface area contributed by atoms with E-state index in [4.69, 9.17) is 4.74 Å². The Labute approximate surface area is 134 Å². The molecule has 0 spiro atoms. The molecule has 1 amide bonds. The summed E-state index contributed by atoms with van der Waals surface area (Å²) in [6.45, 7) is 3.98. The summed E-state index contributed by atoms with van der Waals surface area (Å²) in [5.41, 5.74) is 3.82. The van der Waals surface area contributed by atoms with Gasteiger partial charge in [-0.1, -0.05) is 19.1 Å². The summed E-state index contributed by atoms with van der Waals surface area (Å²) in [4.78, 5) is 17.3. The van der Waals surface area contributed by atoms with Gasteiger partial charge in [-0.2, -0.15) is 0 Å². The number of aryl methyl sites for hydroxylation is 2. The highest BCUT2D eigenvalue weighted by atomic mass is 16.5. The summed E-state index contributed by atoms with van der Waals surface area (Å²) in [7, 11) is 1.60. The number of pyridine rings is 1. The van der Waals surface area contributed by atoms with E-state index in [1.54, 1.807) is 11.5 Å². The molecule has 5 heteroatoms. The summed E-state index contributed by atoms with van der Waals surface area (Å²) in [6.07, 6.45) is 2.50. The van der Waals surface area contributed by atoms with Gasteiger partial charge < -0.3 is 10.1 Å². The number of benzene rings is 1.